The Labute approximate surface area is 151 Å². The summed E-state index contributed by atoms with van der Waals surface area (Å²) in [5.41, 5.74) is 0.0972. The number of hydrogen-bond acceptors (Lipinski definition) is 5. The van der Waals surface area contributed by atoms with Gasteiger partial charge in [0.15, 0.2) is 5.17 Å². The minimum Gasteiger partial charge on any atom is -0.444 e. The summed E-state index contributed by atoms with van der Waals surface area (Å²) in [5.74, 6) is 0.466. The first-order chi connectivity index (χ1) is 11.7. The second-order valence-electron chi connectivity index (χ2n) is 7.47. The number of benzene rings is 1. The second kappa shape index (κ2) is 6.61. The van der Waals surface area contributed by atoms with Crippen LogP contribution in [0, 0.1) is 18.7 Å². The molecular formula is C18H23FN2O3S. The highest BCUT2D eigenvalue weighted by atomic mass is 32.2. The summed E-state index contributed by atoms with van der Waals surface area (Å²) >= 11 is 1.43. The van der Waals surface area contributed by atoms with Crippen LogP contribution in [0.2, 0.25) is 0 Å². The molecule has 2 heterocycles. The number of nitrogens with zero attached hydrogens (tertiary/aromatic N) is 1. The zero-order valence-corrected chi connectivity index (χ0v) is 15.7. The lowest BCUT2D eigenvalue weighted by Crippen LogP contribution is -2.43. The number of aryl methyl sites for hydroxylation is 1. The van der Waals surface area contributed by atoms with Crippen LogP contribution in [0.4, 0.5) is 9.18 Å². The molecule has 0 saturated carbocycles. The van der Waals surface area contributed by atoms with Crippen molar-refractivity contribution in [2.45, 2.75) is 38.8 Å². The lowest BCUT2D eigenvalue weighted by molar-refractivity contribution is 0.0564. The number of ether oxygens (including phenoxy) is 2. The first kappa shape index (κ1) is 18.2. The van der Waals surface area contributed by atoms with E-state index >= 15 is 0 Å². The number of rotatable bonds is 1. The smallest absolute Gasteiger partial charge is 0.413 e. The van der Waals surface area contributed by atoms with Crippen molar-refractivity contribution in [3.63, 3.8) is 0 Å². The summed E-state index contributed by atoms with van der Waals surface area (Å²) in [7, 11) is 0. The number of aliphatic imine (C=N–C) groups is 1. The highest BCUT2D eigenvalue weighted by Gasteiger charge is 2.49. The summed E-state index contributed by atoms with van der Waals surface area (Å²) in [4.78, 5) is 16.8. The van der Waals surface area contributed by atoms with Crippen LogP contribution in [0.25, 0.3) is 0 Å². The van der Waals surface area contributed by atoms with Crippen LogP contribution in [0.15, 0.2) is 23.2 Å². The van der Waals surface area contributed by atoms with Crippen molar-refractivity contribution in [3.05, 3.63) is 35.1 Å². The van der Waals surface area contributed by atoms with Gasteiger partial charge in [0.25, 0.3) is 0 Å². The van der Waals surface area contributed by atoms with Crippen molar-refractivity contribution in [1.82, 2.24) is 5.32 Å². The molecule has 2 aliphatic heterocycles. The molecule has 1 fully saturated rings. The van der Waals surface area contributed by atoms with E-state index in [0.29, 0.717) is 29.7 Å². The van der Waals surface area contributed by atoms with Crippen molar-refractivity contribution >= 4 is 23.0 Å². The van der Waals surface area contributed by atoms with Gasteiger partial charge in [0.1, 0.15) is 17.0 Å². The summed E-state index contributed by atoms with van der Waals surface area (Å²) in [6.07, 6.45) is -0.559. The van der Waals surface area contributed by atoms with Crippen LogP contribution in [0.5, 0.6) is 0 Å². The molecule has 1 aromatic carbocycles. The van der Waals surface area contributed by atoms with Crippen LogP contribution in [-0.2, 0) is 15.0 Å². The zero-order valence-electron chi connectivity index (χ0n) is 14.9. The van der Waals surface area contributed by atoms with Crippen LogP contribution in [0.3, 0.4) is 0 Å². The molecule has 0 aromatic heterocycles. The number of halogens is 1. The van der Waals surface area contributed by atoms with Gasteiger partial charge in [0.2, 0.25) is 0 Å². The molecule has 1 aromatic rings. The number of nitrogens with one attached hydrogen (secondary N) is 1. The summed E-state index contributed by atoms with van der Waals surface area (Å²) in [6, 6.07) is 5.02. The number of carbonyl (C=O) groups is 1. The van der Waals surface area contributed by atoms with Gasteiger partial charge in [-0.05, 0) is 33.8 Å². The van der Waals surface area contributed by atoms with Gasteiger partial charge in [-0.1, -0.05) is 29.5 Å². The van der Waals surface area contributed by atoms with E-state index in [1.54, 1.807) is 26.8 Å². The van der Waals surface area contributed by atoms with E-state index in [0.717, 1.165) is 5.56 Å². The van der Waals surface area contributed by atoms with Crippen LogP contribution in [0.1, 0.15) is 31.9 Å². The first-order valence-electron chi connectivity index (χ1n) is 8.27. The Morgan fingerprint density at radius 2 is 2.24 bits per heavy atom. The predicted molar refractivity (Wildman–Crippen MR) is 96.4 cm³/mol. The molecule has 0 aliphatic carbocycles. The highest BCUT2D eigenvalue weighted by Crippen LogP contribution is 2.45. The molecule has 0 spiro atoms. The molecule has 1 N–H and O–H groups in total. The van der Waals surface area contributed by atoms with Gasteiger partial charge in [0, 0.05) is 17.2 Å². The number of thioether (sulfide) groups is 1. The number of amides is 1. The molecule has 5 nitrogen and oxygen atoms in total. The Morgan fingerprint density at radius 3 is 2.96 bits per heavy atom. The van der Waals surface area contributed by atoms with E-state index in [9.17, 15) is 9.18 Å². The van der Waals surface area contributed by atoms with Gasteiger partial charge in [0.05, 0.1) is 13.2 Å². The van der Waals surface area contributed by atoms with Gasteiger partial charge < -0.3 is 9.47 Å². The van der Waals surface area contributed by atoms with Gasteiger partial charge in [-0.25, -0.2) is 14.2 Å². The second-order valence-corrected chi connectivity index (χ2v) is 8.48. The number of alkyl carbamates (subject to hydrolysis) is 1. The van der Waals surface area contributed by atoms with Crippen LogP contribution >= 0.6 is 11.8 Å². The van der Waals surface area contributed by atoms with Crippen LogP contribution < -0.4 is 5.32 Å². The summed E-state index contributed by atoms with van der Waals surface area (Å²) < 4.78 is 25.5. The maximum absolute atomic E-state index is 14.6. The quantitative estimate of drug-likeness (QED) is 0.825. The Morgan fingerprint density at radius 1 is 1.48 bits per heavy atom. The monoisotopic (exact) mass is 366 g/mol. The maximum atomic E-state index is 14.6. The van der Waals surface area contributed by atoms with E-state index in [1.165, 1.54) is 17.8 Å². The summed E-state index contributed by atoms with van der Waals surface area (Å²) in [5, 5.41) is 3.13. The van der Waals surface area contributed by atoms with Crippen molar-refractivity contribution in [1.29, 1.82) is 0 Å². The number of hydrogen-bond donors (Lipinski definition) is 1. The lowest BCUT2D eigenvalue weighted by Gasteiger charge is -2.35. The SMILES string of the molecule is Cc1ccc(F)c([C@]23COC[C@H]2CSC(NC(=O)OC(C)(C)C)=N3)c1. The van der Waals surface area contributed by atoms with Gasteiger partial charge in [-0.2, -0.15) is 0 Å². The van der Waals surface area contributed by atoms with E-state index in [2.05, 4.69) is 5.32 Å². The average molecular weight is 366 g/mol. The van der Waals surface area contributed by atoms with Gasteiger partial charge >= 0.3 is 6.09 Å². The minimum atomic E-state index is -0.800. The molecule has 0 bridgehead atoms. The minimum absolute atomic E-state index is 0.0676. The fourth-order valence-corrected chi connectivity index (χ4v) is 4.21. The predicted octanol–water partition coefficient (Wildman–Crippen LogP) is 3.60. The maximum Gasteiger partial charge on any atom is 0.413 e. The van der Waals surface area contributed by atoms with Gasteiger partial charge in [-0.3, -0.25) is 5.32 Å². The van der Waals surface area contributed by atoms with E-state index in [-0.39, 0.29) is 11.7 Å². The van der Waals surface area contributed by atoms with E-state index in [1.807, 2.05) is 13.0 Å². The molecular weight excluding hydrogens is 343 g/mol. The molecule has 7 heteroatoms. The topological polar surface area (TPSA) is 59.9 Å². The van der Waals surface area contributed by atoms with E-state index in [4.69, 9.17) is 14.5 Å². The molecule has 1 amide bonds. The highest BCUT2D eigenvalue weighted by molar-refractivity contribution is 8.13. The number of carbonyl (C=O) groups excluding carboxylic acids is 1. The largest absolute Gasteiger partial charge is 0.444 e. The Hall–Kier alpha value is -1.60. The Kier molecular flexibility index (Phi) is 4.81. The average Bonchev–Trinajstić information content (AvgIpc) is 2.91. The molecule has 136 valence electrons. The third kappa shape index (κ3) is 3.82. The standard InChI is InChI=1S/C18H23FN2O3S/c1-11-5-6-14(19)13(7-11)18-10-23-8-12(18)9-25-15(21-18)20-16(22)24-17(2,3)4/h5-7,12H,8-10H2,1-4H3,(H,20,21,22)/t12-,18-/m0/s1. The lowest BCUT2D eigenvalue weighted by atomic mass is 9.81. The van der Waals surface area contributed by atoms with Crippen molar-refractivity contribution in [2.75, 3.05) is 19.0 Å². The molecule has 3 rings (SSSR count). The molecule has 2 atom stereocenters. The first-order valence-corrected chi connectivity index (χ1v) is 9.25. The van der Waals surface area contributed by atoms with Crippen molar-refractivity contribution in [3.8, 4) is 0 Å². The third-order valence-corrected chi connectivity index (χ3v) is 5.27. The molecule has 0 unspecified atom stereocenters. The Balaban J connectivity index is 1.93. The molecule has 0 radical (unpaired) electrons. The normalized spacial score (nSPS) is 26.0. The van der Waals surface area contributed by atoms with Crippen molar-refractivity contribution in [2.24, 2.45) is 10.9 Å². The zero-order chi connectivity index (χ0) is 18.2. The van der Waals surface area contributed by atoms with E-state index < -0.39 is 17.2 Å². The van der Waals surface area contributed by atoms with Crippen LogP contribution in [-0.4, -0.2) is 35.8 Å². The number of fused-ring (bicyclic) bond motifs is 1. The Bertz CT molecular complexity index is 717. The van der Waals surface area contributed by atoms with Gasteiger partial charge in [-0.15, -0.1) is 0 Å². The summed E-state index contributed by atoms with van der Waals surface area (Å²) in [6.45, 7) is 8.15. The molecule has 25 heavy (non-hydrogen) atoms. The van der Waals surface area contributed by atoms with Crippen molar-refractivity contribution < 1.29 is 18.7 Å². The third-order valence-electron chi connectivity index (χ3n) is 4.23. The fourth-order valence-electron chi connectivity index (χ4n) is 3.10. The molecule has 2 aliphatic rings. The number of amidine groups is 1. The fraction of sp³-hybridized carbons (Fsp3) is 0.556. The molecule has 1 saturated heterocycles.